The van der Waals surface area contributed by atoms with Gasteiger partial charge in [-0.05, 0) is 31.8 Å². The summed E-state index contributed by atoms with van der Waals surface area (Å²) in [7, 11) is 3.87. The van der Waals surface area contributed by atoms with Crippen molar-refractivity contribution in [2.45, 2.75) is 6.04 Å². The molecular weight excluding hydrogens is 192 g/mol. The minimum absolute atomic E-state index is 0.0167. The van der Waals surface area contributed by atoms with E-state index in [-0.39, 0.29) is 25.2 Å². The quantitative estimate of drug-likeness (QED) is 0.733. The molecule has 0 amide bonds. The maximum Gasteiger partial charge on any atom is 0.0499 e. The number of rotatable bonds is 5. The molecular formula is C11H18N2O2. The topological polar surface area (TPSA) is 56.6 Å². The van der Waals surface area contributed by atoms with Crippen molar-refractivity contribution in [2.24, 2.45) is 5.92 Å². The first kappa shape index (κ1) is 12.1. The van der Waals surface area contributed by atoms with Crippen molar-refractivity contribution in [2.75, 3.05) is 27.3 Å². The lowest BCUT2D eigenvalue weighted by atomic mass is 9.94. The van der Waals surface area contributed by atoms with E-state index in [2.05, 4.69) is 4.98 Å². The number of aliphatic hydroxyl groups excluding tert-OH is 2. The van der Waals surface area contributed by atoms with Crippen molar-refractivity contribution in [3.05, 3.63) is 30.1 Å². The maximum atomic E-state index is 9.20. The van der Waals surface area contributed by atoms with Crippen molar-refractivity contribution in [1.29, 1.82) is 0 Å². The van der Waals surface area contributed by atoms with Crippen molar-refractivity contribution < 1.29 is 10.2 Å². The van der Waals surface area contributed by atoms with Crippen molar-refractivity contribution in [1.82, 2.24) is 9.88 Å². The van der Waals surface area contributed by atoms with Crippen LogP contribution in [0.4, 0.5) is 0 Å². The van der Waals surface area contributed by atoms with Crippen LogP contribution in [0.2, 0.25) is 0 Å². The fraction of sp³-hybridized carbons (Fsp3) is 0.545. The molecule has 2 N–H and O–H groups in total. The summed E-state index contributed by atoms with van der Waals surface area (Å²) in [6, 6.07) is 3.83. The molecule has 0 saturated heterocycles. The highest BCUT2D eigenvalue weighted by Crippen LogP contribution is 2.25. The van der Waals surface area contributed by atoms with Crippen LogP contribution < -0.4 is 0 Å². The van der Waals surface area contributed by atoms with Crippen LogP contribution >= 0.6 is 0 Å². The SMILES string of the molecule is CN(C)C(c1ccncc1)C(CO)CO. The summed E-state index contributed by atoms with van der Waals surface area (Å²) in [6.45, 7) is -0.0522. The molecule has 1 aromatic rings. The number of hydrogen-bond donors (Lipinski definition) is 2. The van der Waals surface area contributed by atoms with Gasteiger partial charge in [-0.25, -0.2) is 0 Å². The third kappa shape index (κ3) is 2.99. The molecule has 4 heteroatoms. The van der Waals surface area contributed by atoms with Gasteiger partial charge in [0.05, 0.1) is 0 Å². The summed E-state index contributed by atoms with van der Waals surface area (Å²) in [5, 5.41) is 18.4. The second kappa shape index (κ2) is 5.80. The Kier molecular flexibility index (Phi) is 4.68. The first-order chi connectivity index (χ1) is 7.20. The molecule has 1 aromatic heterocycles. The fourth-order valence-electron chi connectivity index (χ4n) is 1.81. The van der Waals surface area contributed by atoms with Crippen LogP contribution in [-0.4, -0.2) is 47.4 Å². The van der Waals surface area contributed by atoms with E-state index in [9.17, 15) is 10.2 Å². The highest BCUT2D eigenvalue weighted by atomic mass is 16.3. The third-order valence-corrected chi connectivity index (χ3v) is 2.52. The molecule has 0 aromatic carbocycles. The highest BCUT2D eigenvalue weighted by molar-refractivity contribution is 5.16. The Balaban J connectivity index is 2.92. The van der Waals surface area contributed by atoms with Crippen LogP contribution in [0.3, 0.4) is 0 Å². The largest absolute Gasteiger partial charge is 0.396 e. The van der Waals surface area contributed by atoms with Gasteiger partial charge in [-0.15, -0.1) is 0 Å². The van der Waals surface area contributed by atoms with Gasteiger partial charge in [0.1, 0.15) is 0 Å². The van der Waals surface area contributed by atoms with E-state index >= 15 is 0 Å². The molecule has 4 nitrogen and oxygen atoms in total. The fourth-order valence-corrected chi connectivity index (χ4v) is 1.81. The molecule has 84 valence electrons. The van der Waals surface area contributed by atoms with Gasteiger partial charge in [0.15, 0.2) is 0 Å². The molecule has 0 saturated carbocycles. The molecule has 1 atom stereocenters. The van der Waals surface area contributed by atoms with E-state index in [1.807, 2.05) is 31.1 Å². The van der Waals surface area contributed by atoms with E-state index in [4.69, 9.17) is 0 Å². The molecule has 1 unspecified atom stereocenters. The Labute approximate surface area is 90.2 Å². The standard InChI is InChI=1S/C11H18N2O2/c1-13(2)11(10(7-14)8-15)9-3-5-12-6-4-9/h3-6,10-11,14-15H,7-8H2,1-2H3. The Morgan fingerprint density at radius 3 is 2.13 bits per heavy atom. The lowest BCUT2D eigenvalue weighted by Gasteiger charge is -2.30. The predicted molar refractivity (Wildman–Crippen MR) is 58.3 cm³/mol. The maximum absolute atomic E-state index is 9.20. The molecule has 0 fully saturated rings. The molecule has 1 rings (SSSR count). The van der Waals surface area contributed by atoms with E-state index in [0.717, 1.165) is 5.56 Å². The molecule has 0 bridgehead atoms. The minimum Gasteiger partial charge on any atom is -0.396 e. The van der Waals surface area contributed by atoms with E-state index < -0.39 is 0 Å². The van der Waals surface area contributed by atoms with Gasteiger partial charge in [0.2, 0.25) is 0 Å². The van der Waals surface area contributed by atoms with Gasteiger partial charge in [0.25, 0.3) is 0 Å². The lowest BCUT2D eigenvalue weighted by molar-refractivity contribution is 0.0808. The van der Waals surface area contributed by atoms with E-state index in [0.29, 0.717) is 0 Å². The summed E-state index contributed by atoms with van der Waals surface area (Å²) in [5.74, 6) is -0.164. The summed E-state index contributed by atoms with van der Waals surface area (Å²) in [6.07, 6.45) is 3.44. The predicted octanol–water partition coefficient (Wildman–Crippen LogP) is 0.285. The molecule has 0 aliphatic rings. The summed E-state index contributed by atoms with van der Waals surface area (Å²) in [5.41, 5.74) is 1.06. The monoisotopic (exact) mass is 210 g/mol. The first-order valence-electron chi connectivity index (χ1n) is 4.98. The average molecular weight is 210 g/mol. The van der Waals surface area contributed by atoms with Gasteiger partial charge in [-0.1, -0.05) is 0 Å². The third-order valence-electron chi connectivity index (χ3n) is 2.52. The Hall–Kier alpha value is -0.970. The van der Waals surface area contributed by atoms with Crippen molar-refractivity contribution >= 4 is 0 Å². The average Bonchev–Trinajstić information content (AvgIpc) is 2.26. The second-order valence-electron chi connectivity index (χ2n) is 3.81. The van der Waals surface area contributed by atoms with Gasteiger partial charge >= 0.3 is 0 Å². The van der Waals surface area contributed by atoms with Crippen molar-refractivity contribution in [3.63, 3.8) is 0 Å². The van der Waals surface area contributed by atoms with Crippen LogP contribution in [-0.2, 0) is 0 Å². The summed E-state index contributed by atoms with van der Waals surface area (Å²) < 4.78 is 0. The zero-order valence-corrected chi connectivity index (χ0v) is 9.17. The molecule has 0 aliphatic heterocycles. The van der Waals surface area contributed by atoms with Crippen LogP contribution in [0.25, 0.3) is 0 Å². The Bertz CT molecular complexity index is 273. The Morgan fingerprint density at radius 2 is 1.73 bits per heavy atom. The van der Waals surface area contributed by atoms with Crippen LogP contribution in [0, 0.1) is 5.92 Å². The van der Waals surface area contributed by atoms with E-state index in [1.165, 1.54) is 0 Å². The van der Waals surface area contributed by atoms with Gasteiger partial charge in [-0.3, -0.25) is 4.98 Å². The number of hydrogen-bond acceptors (Lipinski definition) is 4. The lowest BCUT2D eigenvalue weighted by Crippen LogP contribution is -2.31. The molecule has 1 heterocycles. The van der Waals surface area contributed by atoms with Gasteiger partial charge < -0.3 is 15.1 Å². The number of aliphatic hydroxyl groups is 2. The van der Waals surface area contributed by atoms with E-state index in [1.54, 1.807) is 12.4 Å². The second-order valence-corrected chi connectivity index (χ2v) is 3.81. The number of aromatic nitrogens is 1. The van der Waals surface area contributed by atoms with Crippen LogP contribution in [0.1, 0.15) is 11.6 Å². The van der Waals surface area contributed by atoms with Crippen LogP contribution in [0.15, 0.2) is 24.5 Å². The molecule has 0 radical (unpaired) electrons. The van der Waals surface area contributed by atoms with Crippen molar-refractivity contribution in [3.8, 4) is 0 Å². The minimum atomic E-state index is -0.164. The van der Waals surface area contributed by atoms with Gasteiger partial charge in [0, 0.05) is 37.6 Å². The van der Waals surface area contributed by atoms with Crippen LogP contribution in [0.5, 0.6) is 0 Å². The molecule has 0 spiro atoms. The smallest absolute Gasteiger partial charge is 0.0499 e. The summed E-state index contributed by atoms with van der Waals surface area (Å²) >= 11 is 0. The first-order valence-corrected chi connectivity index (χ1v) is 4.98. The summed E-state index contributed by atoms with van der Waals surface area (Å²) in [4.78, 5) is 5.95. The molecule has 0 aliphatic carbocycles. The number of pyridine rings is 1. The molecule has 15 heavy (non-hydrogen) atoms. The number of nitrogens with zero attached hydrogens (tertiary/aromatic N) is 2. The Morgan fingerprint density at radius 1 is 1.20 bits per heavy atom. The highest BCUT2D eigenvalue weighted by Gasteiger charge is 2.23. The zero-order chi connectivity index (χ0) is 11.3. The van der Waals surface area contributed by atoms with Gasteiger partial charge in [-0.2, -0.15) is 0 Å². The zero-order valence-electron chi connectivity index (χ0n) is 9.17. The normalized spacial score (nSPS) is 13.5.